The largest absolute Gasteiger partial charge is 0.523 e. The number of ether oxygens (including phenoxy) is 1. The number of rotatable bonds is 3. The van der Waals surface area contributed by atoms with Gasteiger partial charge in [0.1, 0.15) is 0 Å². The van der Waals surface area contributed by atoms with Crippen LogP contribution < -0.4 is 0 Å². The van der Waals surface area contributed by atoms with E-state index in [9.17, 15) is 18.0 Å². The van der Waals surface area contributed by atoms with Crippen molar-refractivity contribution in [2.45, 2.75) is 31.2 Å². The van der Waals surface area contributed by atoms with Gasteiger partial charge in [0.05, 0.1) is 7.11 Å². The molecule has 0 aromatic carbocycles. The minimum atomic E-state index is -4.80. The van der Waals surface area contributed by atoms with Gasteiger partial charge in [0, 0.05) is 7.05 Å². The van der Waals surface area contributed by atoms with E-state index >= 15 is 0 Å². The highest BCUT2D eigenvalue weighted by Crippen LogP contribution is 2.41. The first-order chi connectivity index (χ1) is 6.81. The van der Waals surface area contributed by atoms with Crippen molar-refractivity contribution in [1.82, 2.24) is 5.06 Å². The minimum Gasteiger partial charge on any atom is -0.275 e. The van der Waals surface area contributed by atoms with Crippen LogP contribution in [-0.2, 0) is 14.4 Å². The van der Waals surface area contributed by atoms with Crippen LogP contribution in [0.5, 0.6) is 0 Å². The lowest BCUT2D eigenvalue weighted by atomic mass is 9.79. The second-order valence-corrected chi connectivity index (χ2v) is 3.38. The summed E-state index contributed by atoms with van der Waals surface area (Å²) in [6.07, 6.45) is -4.12. The summed E-state index contributed by atoms with van der Waals surface area (Å²) in [6.45, 7) is 0. The van der Waals surface area contributed by atoms with Gasteiger partial charge in [0.15, 0.2) is 5.60 Å². The molecular formula is C8H12F3NO3. The van der Waals surface area contributed by atoms with Gasteiger partial charge >= 0.3 is 6.36 Å². The minimum absolute atomic E-state index is 0.0685. The number of carbonyl (C=O) groups is 1. The molecule has 15 heavy (non-hydrogen) atoms. The number of likely N-dealkylation sites (N-methyl/N-ethyl adjacent to an activating group) is 1. The van der Waals surface area contributed by atoms with E-state index in [0.29, 0.717) is 6.42 Å². The Balaban J connectivity index is 2.73. The molecule has 1 aliphatic rings. The molecule has 0 heterocycles. The van der Waals surface area contributed by atoms with Crippen LogP contribution in [0.1, 0.15) is 19.3 Å². The third kappa shape index (κ3) is 2.60. The Morgan fingerprint density at radius 3 is 2.20 bits per heavy atom. The lowest BCUT2D eigenvalue weighted by Crippen LogP contribution is -2.56. The highest BCUT2D eigenvalue weighted by molar-refractivity contribution is 5.85. The second-order valence-electron chi connectivity index (χ2n) is 3.38. The van der Waals surface area contributed by atoms with Crippen LogP contribution in [0.15, 0.2) is 0 Å². The summed E-state index contributed by atoms with van der Waals surface area (Å²) in [6, 6.07) is 0. The first kappa shape index (κ1) is 12.3. The number of hydrogen-bond acceptors (Lipinski definition) is 3. The second kappa shape index (κ2) is 3.97. The molecule has 4 nitrogen and oxygen atoms in total. The number of nitrogens with zero attached hydrogens (tertiary/aromatic N) is 1. The van der Waals surface area contributed by atoms with E-state index in [1.54, 1.807) is 0 Å². The molecule has 1 saturated carbocycles. The molecule has 1 aliphatic carbocycles. The molecule has 0 aromatic rings. The van der Waals surface area contributed by atoms with Crippen molar-refractivity contribution in [3.63, 3.8) is 0 Å². The monoisotopic (exact) mass is 227 g/mol. The third-order valence-electron chi connectivity index (χ3n) is 2.42. The Hall–Kier alpha value is -0.820. The highest BCUT2D eigenvalue weighted by atomic mass is 19.4. The van der Waals surface area contributed by atoms with Crippen LogP contribution in [0.3, 0.4) is 0 Å². The Morgan fingerprint density at radius 2 is 1.93 bits per heavy atom. The number of halogens is 3. The van der Waals surface area contributed by atoms with E-state index < -0.39 is 17.9 Å². The molecule has 0 aromatic heterocycles. The number of carbonyl (C=O) groups excluding carboxylic acids is 1. The van der Waals surface area contributed by atoms with E-state index in [-0.39, 0.29) is 12.8 Å². The lowest BCUT2D eigenvalue weighted by Gasteiger charge is -2.41. The zero-order chi connectivity index (χ0) is 11.7. The predicted molar refractivity (Wildman–Crippen MR) is 43.5 cm³/mol. The molecule has 0 saturated heterocycles. The van der Waals surface area contributed by atoms with Crippen molar-refractivity contribution in [2.24, 2.45) is 0 Å². The molecule has 0 bridgehead atoms. The van der Waals surface area contributed by atoms with Crippen molar-refractivity contribution in [3.05, 3.63) is 0 Å². The summed E-state index contributed by atoms with van der Waals surface area (Å²) >= 11 is 0. The smallest absolute Gasteiger partial charge is 0.275 e. The molecule has 0 unspecified atom stereocenters. The Kier molecular flexibility index (Phi) is 3.25. The van der Waals surface area contributed by atoms with Crippen molar-refractivity contribution < 1.29 is 27.5 Å². The van der Waals surface area contributed by atoms with E-state index in [4.69, 9.17) is 0 Å². The van der Waals surface area contributed by atoms with E-state index in [0.717, 1.165) is 5.06 Å². The highest BCUT2D eigenvalue weighted by Gasteiger charge is 2.54. The van der Waals surface area contributed by atoms with Crippen molar-refractivity contribution in [2.75, 3.05) is 14.2 Å². The molecule has 0 aliphatic heterocycles. The fourth-order valence-electron chi connectivity index (χ4n) is 1.45. The molecule has 0 spiro atoms. The van der Waals surface area contributed by atoms with Gasteiger partial charge in [0.25, 0.3) is 5.91 Å². The average molecular weight is 227 g/mol. The predicted octanol–water partition coefficient (Wildman–Crippen LogP) is 1.47. The van der Waals surface area contributed by atoms with Gasteiger partial charge in [-0.15, -0.1) is 13.2 Å². The maximum absolute atomic E-state index is 12.1. The molecule has 0 radical (unpaired) electrons. The van der Waals surface area contributed by atoms with Gasteiger partial charge in [-0.05, 0) is 19.3 Å². The fourth-order valence-corrected chi connectivity index (χ4v) is 1.45. The van der Waals surface area contributed by atoms with E-state index in [1.807, 2.05) is 0 Å². The van der Waals surface area contributed by atoms with Crippen LogP contribution in [0.25, 0.3) is 0 Å². The van der Waals surface area contributed by atoms with Crippen LogP contribution in [0, 0.1) is 0 Å². The number of hydroxylamine groups is 2. The summed E-state index contributed by atoms with van der Waals surface area (Å²) in [5.74, 6) is -0.798. The van der Waals surface area contributed by atoms with Gasteiger partial charge in [-0.1, -0.05) is 0 Å². The first-order valence-electron chi connectivity index (χ1n) is 4.40. The zero-order valence-corrected chi connectivity index (χ0v) is 8.43. The van der Waals surface area contributed by atoms with Gasteiger partial charge in [-0.25, -0.2) is 5.06 Å². The molecule has 0 N–H and O–H groups in total. The summed E-state index contributed by atoms with van der Waals surface area (Å²) < 4.78 is 40.1. The molecular weight excluding hydrogens is 215 g/mol. The fraction of sp³-hybridized carbons (Fsp3) is 0.875. The van der Waals surface area contributed by atoms with E-state index in [2.05, 4.69) is 9.57 Å². The standard InChI is InChI=1S/C8H12F3NO3/c1-12(14-2)6(13)7(4-3-5-7)15-8(9,10)11/h3-5H2,1-2H3. The summed E-state index contributed by atoms with van der Waals surface area (Å²) in [5.41, 5.74) is -1.77. The van der Waals surface area contributed by atoms with Crippen molar-refractivity contribution >= 4 is 5.91 Å². The molecule has 1 amide bonds. The summed E-state index contributed by atoms with van der Waals surface area (Å²) in [4.78, 5) is 16.1. The number of hydrogen-bond donors (Lipinski definition) is 0. The summed E-state index contributed by atoms with van der Waals surface area (Å²) in [7, 11) is 2.46. The maximum Gasteiger partial charge on any atom is 0.523 e. The van der Waals surface area contributed by atoms with Crippen LogP contribution in [-0.4, -0.2) is 37.1 Å². The van der Waals surface area contributed by atoms with Gasteiger partial charge < -0.3 is 0 Å². The summed E-state index contributed by atoms with van der Waals surface area (Å²) in [5, 5.41) is 0.755. The average Bonchev–Trinajstić information content (AvgIpc) is 2.07. The van der Waals surface area contributed by atoms with Crippen molar-refractivity contribution in [3.8, 4) is 0 Å². The molecule has 88 valence electrons. The van der Waals surface area contributed by atoms with Crippen molar-refractivity contribution in [1.29, 1.82) is 0 Å². The molecule has 1 fully saturated rings. The van der Waals surface area contributed by atoms with Gasteiger partial charge in [0.2, 0.25) is 0 Å². The Morgan fingerprint density at radius 1 is 1.40 bits per heavy atom. The van der Waals surface area contributed by atoms with Crippen LogP contribution >= 0.6 is 0 Å². The SMILES string of the molecule is CON(C)C(=O)C1(OC(F)(F)F)CCC1. The van der Waals surface area contributed by atoms with Gasteiger partial charge in [-0.2, -0.15) is 0 Å². The molecule has 1 rings (SSSR count). The third-order valence-corrected chi connectivity index (χ3v) is 2.42. The molecule has 0 atom stereocenters. The van der Waals surface area contributed by atoms with Crippen LogP contribution in [0.4, 0.5) is 13.2 Å². The van der Waals surface area contributed by atoms with E-state index in [1.165, 1.54) is 14.2 Å². The maximum atomic E-state index is 12.1. The number of amides is 1. The number of alkyl halides is 3. The zero-order valence-electron chi connectivity index (χ0n) is 8.43. The van der Waals surface area contributed by atoms with Crippen LogP contribution in [0.2, 0.25) is 0 Å². The first-order valence-corrected chi connectivity index (χ1v) is 4.40. The quantitative estimate of drug-likeness (QED) is 0.685. The Bertz CT molecular complexity index is 250. The Labute approximate surface area is 84.9 Å². The van der Waals surface area contributed by atoms with Gasteiger partial charge in [-0.3, -0.25) is 14.4 Å². The topological polar surface area (TPSA) is 38.8 Å². The lowest BCUT2D eigenvalue weighted by molar-refractivity contribution is -0.373. The molecule has 7 heteroatoms. The normalized spacial score (nSPS) is 19.5.